The first-order valence-electron chi connectivity index (χ1n) is 11.7. The molecule has 4 amide bonds. The van der Waals surface area contributed by atoms with E-state index in [4.69, 9.17) is 15.2 Å². The second-order valence-electron chi connectivity index (χ2n) is 8.46. The number of hydrogen-bond donors (Lipinski definition) is 5. The lowest BCUT2D eigenvalue weighted by molar-refractivity contribution is -0.125. The van der Waals surface area contributed by atoms with Gasteiger partial charge in [0.1, 0.15) is 24.0 Å². The number of aliphatic hydroxyl groups excluding tert-OH is 1. The Hall–Kier alpha value is -4.16. The average Bonchev–Trinajstić information content (AvgIpc) is 3.45. The van der Waals surface area contributed by atoms with Gasteiger partial charge in [-0.05, 0) is 29.1 Å². The number of ether oxygens (including phenoxy) is 2. The van der Waals surface area contributed by atoms with Crippen LogP contribution in [0.25, 0.3) is 0 Å². The molecule has 1 aliphatic carbocycles. The number of nitrogens with one attached hydrogen (secondary N) is 3. The Labute approximate surface area is 223 Å². The van der Waals surface area contributed by atoms with E-state index in [1.807, 2.05) is 0 Å². The Morgan fingerprint density at radius 3 is 2.55 bits per heavy atom. The highest BCUT2D eigenvalue weighted by atomic mass is 32.1. The van der Waals surface area contributed by atoms with Crippen LogP contribution in [0.15, 0.2) is 66.1 Å². The third-order valence-electron chi connectivity index (χ3n) is 5.78. The van der Waals surface area contributed by atoms with E-state index in [0.717, 1.165) is 5.56 Å². The van der Waals surface area contributed by atoms with Gasteiger partial charge >= 0.3 is 6.09 Å². The number of hydrogen-bond acceptors (Lipinski definition) is 8. The van der Waals surface area contributed by atoms with Crippen LogP contribution >= 0.6 is 11.3 Å². The number of nitrogens with two attached hydrogens (primary N) is 1. The average molecular weight is 543 g/mol. The fourth-order valence-corrected chi connectivity index (χ4v) is 4.42. The van der Waals surface area contributed by atoms with Crippen LogP contribution in [0.3, 0.4) is 0 Å². The van der Waals surface area contributed by atoms with E-state index >= 15 is 0 Å². The highest BCUT2D eigenvalue weighted by molar-refractivity contribution is 7.12. The molecule has 0 radical (unpaired) electrons. The summed E-state index contributed by atoms with van der Waals surface area (Å²) in [5, 5.41) is 20.3. The number of thiophene rings is 1. The summed E-state index contributed by atoms with van der Waals surface area (Å²) in [5.74, 6) is -1.22. The highest BCUT2D eigenvalue weighted by Gasteiger charge is 2.38. The first kappa shape index (κ1) is 28.4. The predicted molar refractivity (Wildman–Crippen MR) is 141 cm³/mol. The molecule has 3 rings (SSSR count). The molecule has 0 saturated heterocycles. The Balaban J connectivity index is 1.79. The van der Waals surface area contributed by atoms with Gasteiger partial charge in [0.15, 0.2) is 0 Å². The molecule has 1 heterocycles. The minimum absolute atomic E-state index is 0.106. The Bertz CT molecular complexity index is 1180. The van der Waals surface area contributed by atoms with Crippen molar-refractivity contribution in [3.05, 3.63) is 76.5 Å². The fraction of sp³-hybridized carbons (Fsp3) is 0.308. The summed E-state index contributed by atoms with van der Waals surface area (Å²) in [6.07, 6.45) is -0.512. The molecular formula is C26H30N4O7S. The van der Waals surface area contributed by atoms with Crippen molar-refractivity contribution in [1.82, 2.24) is 16.0 Å². The van der Waals surface area contributed by atoms with E-state index in [1.54, 1.807) is 41.8 Å². The second-order valence-corrected chi connectivity index (χ2v) is 9.40. The van der Waals surface area contributed by atoms with Crippen LogP contribution in [0.2, 0.25) is 0 Å². The first-order valence-corrected chi connectivity index (χ1v) is 12.6. The number of aliphatic hydroxyl groups is 1. The van der Waals surface area contributed by atoms with Gasteiger partial charge in [-0.1, -0.05) is 30.4 Å². The van der Waals surface area contributed by atoms with Gasteiger partial charge in [0.25, 0.3) is 5.91 Å². The molecule has 4 atom stereocenters. The van der Waals surface area contributed by atoms with Gasteiger partial charge in [-0.15, -0.1) is 17.9 Å². The molecule has 12 heteroatoms. The van der Waals surface area contributed by atoms with Gasteiger partial charge in [0.2, 0.25) is 11.8 Å². The van der Waals surface area contributed by atoms with E-state index < -0.39 is 48.1 Å². The Morgan fingerprint density at radius 2 is 1.95 bits per heavy atom. The molecule has 202 valence electrons. The molecule has 0 aliphatic heterocycles. The smallest absolute Gasteiger partial charge is 0.407 e. The van der Waals surface area contributed by atoms with Crippen LogP contribution in [0, 0.1) is 0 Å². The normalized spacial score (nSPS) is 19.3. The number of carbonyl (C=O) groups excluding carboxylic acids is 4. The number of primary amides is 1. The predicted octanol–water partition coefficient (Wildman–Crippen LogP) is 1.04. The lowest BCUT2D eigenvalue weighted by atomic mass is 9.89. The largest absolute Gasteiger partial charge is 0.497 e. The third kappa shape index (κ3) is 7.67. The number of rotatable bonds is 11. The molecule has 0 fully saturated rings. The monoisotopic (exact) mass is 542 g/mol. The molecule has 11 nitrogen and oxygen atoms in total. The molecule has 6 N–H and O–H groups in total. The fourth-order valence-electron chi connectivity index (χ4n) is 3.79. The van der Waals surface area contributed by atoms with Crippen LogP contribution in [0.5, 0.6) is 5.75 Å². The van der Waals surface area contributed by atoms with E-state index in [9.17, 15) is 24.3 Å². The van der Waals surface area contributed by atoms with Crippen molar-refractivity contribution in [3.63, 3.8) is 0 Å². The lowest BCUT2D eigenvalue weighted by Crippen LogP contribution is -2.53. The maximum Gasteiger partial charge on any atom is 0.407 e. The van der Waals surface area contributed by atoms with Crippen LogP contribution in [-0.4, -0.2) is 66.9 Å². The van der Waals surface area contributed by atoms with Crippen molar-refractivity contribution < 1.29 is 33.8 Å². The molecule has 1 aromatic heterocycles. The minimum Gasteiger partial charge on any atom is -0.497 e. The zero-order valence-corrected chi connectivity index (χ0v) is 21.5. The van der Waals surface area contributed by atoms with Crippen LogP contribution in [0.4, 0.5) is 4.79 Å². The van der Waals surface area contributed by atoms with Gasteiger partial charge in [0.05, 0.1) is 18.0 Å². The summed E-state index contributed by atoms with van der Waals surface area (Å²) < 4.78 is 10.5. The molecule has 1 aromatic carbocycles. The minimum atomic E-state index is -1.34. The maximum atomic E-state index is 13.2. The Morgan fingerprint density at radius 1 is 1.21 bits per heavy atom. The molecule has 2 aromatic rings. The van der Waals surface area contributed by atoms with Crippen LogP contribution in [-0.2, 0) is 20.7 Å². The van der Waals surface area contributed by atoms with Crippen molar-refractivity contribution in [1.29, 1.82) is 0 Å². The standard InChI is InChI=1S/C26H30N4O7S/c1-3-10-28-26(35)37-20-14-16(13-18(22(20)31)29-25(34)21-5-4-11-38-21)24(33)30-19(23(27)32)12-15-6-8-17(36-2)9-7-15/h3-9,11,13,18-20,22,31H,1,10,12,14H2,2H3,(H2,27,32)(H,28,35)(H,29,34)(H,30,33). The summed E-state index contributed by atoms with van der Waals surface area (Å²) in [6, 6.07) is 8.16. The molecular weight excluding hydrogens is 512 g/mol. The topological polar surface area (TPSA) is 169 Å². The number of amides is 4. The van der Waals surface area contributed by atoms with Gasteiger partial charge < -0.3 is 36.3 Å². The summed E-state index contributed by atoms with van der Waals surface area (Å²) >= 11 is 1.21. The highest BCUT2D eigenvalue weighted by Crippen LogP contribution is 2.24. The maximum absolute atomic E-state index is 13.2. The van der Waals surface area contributed by atoms with Gasteiger partial charge in [-0.3, -0.25) is 14.4 Å². The van der Waals surface area contributed by atoms with Crippen LogP contribution < -0.4 is 26.4 Å². The second kappa shape index (κ2) is 13.4. The summed E-state index contributed by atoms with van der Waals surface area (Å²) in [4.78, 5) is 50.5. The first-order chi connectivity index (χ1) is 18.2. The van der Waals surface area contributed by atoms with Gasteiger partial charge in [-0.2, -0.15) is 0 Å². The van der Waals surface area contributed by atoms with Crippen molar-refractivity contribution in [2.24, 2.45) is 5.73 Å². The van der Waals surface area contributed by atoms with Crippen LogP contribution in [0.1, 0.15) is 21.7 Å². The molecule has 4 unspecified atom stereocenters. The molecule has 0 saturated carbocycles. The summed E-state index contributed by atoms with van der Waals surface area (Å²) in [5.41, 5.74) is 6.39. The zero-order chi connectivity index (χ0) is 27.7. The summed E-state index contributed by atoms with van der Waals surface area (Å²) in [7, 11) is 1.53. The third-order valence-corrected chi connectivity index (χ3v) is 6.65. The van der Waals surface area contributed by atoms with E-state index in [2.05, 4.69) is 22.5 Å². The molecule has 0 spiro atoms. The SMILES string of the molecule is C=CCNC(=O)OC1CC(C(=O)NC(Cc2ccc(OC)cc2)C(N)=O)=CC(NC(=O)c2cccs2)C1O. The number of methoxy groups -OCH3 is 1. The number of carbonyl (C=O) groups is 4. The van der Waals surface area contributed by atoms with Crippen molar-refractivity contribution >= 4 is 35.2 Å². The van der Waals surface area contributed by atoms with E-state index in [0.29, 0.717) is 10.6 Å². The quantitative estimate of drug-likeness (QED) is 0.264. The number of benzene rings is 1. The number of alkyl carbamates (subject to hydrolysis) is 1. The molecule has 0 bridgehead atoms. The molecule has 1 aliphatic rings. The lowest BCUT2D eigenvalue weighted by Gasteiger charge is -2.33. The van der Waals surface area contributed by atoms with Crippen molar-refractivity contribution in [2.45, 2.75) is 37.1 Å². The summed E-state index contributed by atoms with van der Waals surface area (Å²) in [6.45, 7) is 3.64. The van der Waals surface area contributed by atoms with E-state index in [-0.39, 0.29) is 25.0 Å². The molecule has 38 heavy (non-hydrogen) atoms. The van der Waals surface area contributed by atoms with Gasteiger partial charge in [0, 0.05) is 25.0 Å². The Kier molecular flexibility index (Phi) is 10.0. The van der Waals surface area contributed by atoms with Crippen molar-refractivity contribution in [2.75, 3.05) is 13.7 Å². The van der Waals surface area contributed by atoms with Gasteiger partial charge in [-0.25, -0.2) is 4.79 Å². The van der Waals surface area contributed by atoms with E-state index in [1.165, 1.54) is 30.6 Å². The zero-order valence-electron chi connectivity index (χ0n) is 20.7. The van der Waals surface area contributed by atoms with Crippen molar-refractivity contribution in [3.8, 4) is 5.75 Å².